The Morgan fingerprint density at radius 1 is 1.41 bits per heavy atom. The van der Waals surface area contributed by atoms with E-state index in [0.717, 1.165) is 25.4 Å². The van der Waals surface area contributed by atoms with Crippen molar-refractivity contribution in [2.75, 3.05) is 32.8 Å². The predicted molar refractivity (Wildman–Crippen MR) is 84.0 cm³/mol. The highest BCUT2D eigenvalue weighted by atomic mass is 16.5. The van der Waals surface area contributed by atoms with E-state index in [4.69, 9.17) is 9.47 Å². The molecule has 2 aliphatic heterocycles. The van der Waals surface area contributed by atoms with Gasteiger partial charge >= 0.3 is 0 Å². The van der Waals surface area contributed by atoms with E-state index in [2.05, 4.69) is 10.2 Å². The first-order valence-corrected chi connectivity index (χ1v) is 8.02. The smallest absolute Gasteiger partial charge is 0.258 e. The first-order valence-electron chi connectivity index (χ1n) is 8.02. The minimum atomic E-state index is -0.104. The Balaban J connectivity index is 1.36. The first kappa shape index (κ1) is 15.3. The standard InChI is InChI=1S/C17H24N2O3/c1-13-4-6-15(7-5-13)22-12-17(20)18-9-16-10-19-8-2-3-14(19)11-21-16/h4-7,14,16H,2-3,8-12H2,1H3,(H,18,20). The van der Waals surface area contributed by atoms with Crippen LogP contribution in [0.5, 0.6) is 5.75 Å². The van der Waals surface area contributed by atoms with E-state index in [0.29, 0.717) is 12.6 Å². The minimum Gasteiger partial charge on any atom is -0.484 e. The van der Waals surface area contributed by atoms with Crippen molar-refractivity contribution in [3.05, 3.63) is 29.8 Å². The van der Waals surface area contributed by atoms with E-state index < -0.39 is 0 Å². The molecule has 5 nitrogen and oxygen atoms in total. The average Bonchev–Trinajstić information content (AvgIpc) is 3.00. The van der Waals surface area contributed by atoms with Gasteiger partial charge in [0.2, 0.25) is 0 Å². The van der Waals surface area contributed by atoms with Crippen LogP contribution in [0.2, 0.25) is 0 Å². The molecule has 22 heavy (non-hydrogen) atoms. The van der Waals surface area contributed by atoms with Crippen LogP contribution in [0.1, 0.15) is 18.4 Å². The summed E-state index contributed by atoms with van der Waals surface area (Å²) >= 11 is 0. The molecule has 2 fully saturated rings. The molecule has 3 rings (SSSR count). The van der Waals surface area contributed by atoms with Crippen molar-refractivity contribution in [2.24, 2.45) is 0 Å². The van der Waals surface area contributed by atoms with Gasteiger partial charge in [0.25, 0.3) is 5.91 Å². The van der Waals surface area contributed by atoms with E-state index in [1.165, 1.54) is 18.4 Å². The van der Waals surface area contributed by atoms with Crippen molar-refractivity contribution in [1.29, 1.82) is 0 Å². The van der Waals surface area contributed by atoms with E-state index in [1.807, 2.05) is 31.2 Å². The number of aryl methyl sites for hydroxylation is 1. The average molecular weight is 304 g/mol. The number of rotatable bonds is 5. The molecule has 0 bridgehead atoms. The number of carbonyl (C=O) groups is 1. The predicted octanol–water partition coefficient (Wildman–Crippen LogP) is 1.35. The number of hydrogen-bond acceptors (Lipinski definition) is 4. The molecule has 0 spiro atoms. The second-order valence-electron chi connectivity index (χ2n) is 6.15. The summed E-state index contributed by atoms with van der Waals surface area (Å²) in [5, 5.41) is 2.90. The topological polar surface area (TPSA) is 50.8 Å². The Morgan fingerprint density at radius 3 is 3.05 bits per heavy atom. The molecule has 1 amide bonds. The van der Waals surface area contributed by atoms with Crippen LogP contribution >= 0.6 is 0 Å². The van der Waals surface area contributed by atoms with Gasteiger partial charge in [0.05, 0.1) is 12.7 Å². The molecular weight excluding hydrogens is 280 g/mol. The van der Waals surface area contributed by atoms with Crippen molar-refractivity contribution in [3.8, 4) is 5.75 Å². The monoisotopic (exact) mass is 304 g/mol. The molecule has 1 aromatic rings. The molecule has 1 aromatic carbocycles. The van der Waals surface area contributed by atoms with Gasteiger partial charge in [0.15, 0.2) is 6.61 Å². The Morgan fingerprint density at radius 2 is 2.23 bits per heavy atom. The number of amides is 1. The fourth-order valence-corrected chi connectivity index (χ4v) is 3.07. The van der Waals surface area contributed by atoms with Crippen LogP contribution in [0.15, 0.2) is 24.3 Å². The van der Waals surface area contributed by atoms with E-state index >= 15 is 0 Å². The minimum absolute atomic E-state index is 0.0438. The number of morpholine rings is 1. The highest BCUT2D eigenvalue weighted by Crippen LogP contribution is 2.22. The number of ether oxygens (including phenoxy) is 2. The molecule has 2 saturated heterocycles. The van der Waals surface area contributed by atoms with Gasteiger partial charge in [-0.05, 0) is 38.4 Å². The van der Waals surface area contributed by atoms with Crippen molar-refractivity contribution in [3.63, 3.8) is 0 Å². The normalized spacial score (nSPS) is 24.8. The zero-order valence-electron chi connectivity index (χ0n) is 13.1. The van der Waals surface area contributed by atoms with Crippen molar-refractivity contribution >= 4 is 5.91 Å². The van der Waals surface area contributed by atoms with E-state index in [9.17, 15) is 4.79 Å². The van der Waals surface area contributed by atoms with Crippen LogP contribution in [0, 0.1) is 6.92 Å². The van der Waals surface area contributed by atoms with Gasteiger partial charge in [-0.25, -0.2) is 0 Å². The summed E-state index contributed by atoms with van der Waals surface area (Å²) in [6.07, 6.45) is 2.60. The van der Waals surface area contributed by atoms with Gasteiger partial charge in [-0.2, -0.15) is 0 Å². The molecular formula is C17H24N2O3. The highest BCUT2D eigenvalue weighted by Gasteiger charge is 2.32. The molecule has 2 heterocycles. The number of nitrogens with one attached hydrogen (secondary N) is 1. The van der Waals surface area contributed by atoms with E-state index in [1.54, 1.807) is 0 Å². The van der Waals surface area contributed by atoms with Crippen LogP contribution in [-0.2, 0) is 9.53 Å². The quantitative estimate of drug-likeness (QED) is 0.892. The second-order valence-corrected chi connectivity index (χ2v) is 6.15. The lowest BCUT2D eigenvalue weighted by Crippen LogP contribution is -2.50. The van der Waals surface area contributed by atoms with Crippen molar-refractivity contribution in [1.82, 2.24) is 10.2 Å². The van der Waals surface area contributed by atoms with Gasteiger partial charge < -0.3 is 14.8 Å². The largest absolute Gasteiger partial charge is 0.484 e. The maximum atomic E-state index is 11.8. The molecule has 5 heteroatoms. The number of carbonyl (C=O) groups excluding carboxylic acids is 1. The maximum Gasteiger partial charge on any atom is 0.258 e. The van der Waals surface area contributed by atoms with Crippen molar-refractivity contribution < 1.29 is 14.3 Å². The molecule has 2 unspecified atom stereocenters. The number of hydrogen-bond donors (Lipinski definition) is 1. The third-order valence-corrected chi connectivity index (χ3v) is 4.38. The lowest BCUT2D eigenvalue weighted by atomic mass is 10.2. The Kier molecular flexibility index (Phi) is 4.95. The molecule has 2 atom stereocenters. The van der Waals surface area contributed by atoms with Gasteiger partial charge in [0, 0.05) is 19.1 Å². The number of nitrogens with zero attached hydrogens (tertiary/aromatic N) is 1. The Labute approximate surface area is 131 Å². The lowest BCUT2D eigenvalue weighted by Gasteiger charge is -2.35. The molecule has 0 saturated carbocycles. The maximum absolute atomic E-state index is 11.8. The summed E-state index contributed by atoms with van der Waals surface area (Å²) in [5.74, 6) is 0.613. The number of fused-ring (bicyclic) bond motifs is 1. The van der Waals surface area contributed by atoms with Crippen LogP contribution in [0.4, 0.5) is 0 Å². The van der Waals surface area contributed by atoms with Gasteiger partial charge in [0.1, 0.15) is 5.75 Å². The summed E-state index contributed by atoms with van der Waals surface area (Å²) in [4.78, 5) is 14.3. The summed E-state index contributed by atoms with van der Waals surface area (Å²) in [7, 11) is 0. The zero-order valence-corrected chi connectivity index (χ0v) is 13.1. The highest BCUT2D eigenvalue weighted by molar-refractivity contribution is 5.77. The molecule has 120 valence electrons. The third kappa shape index (κ3) is 3.99. The summed E-state index contributed by atoms with van der Waals surface area (Å²) in [6.45, 7) is 5.49. The molecule has 0 radical (unpaired) electrons. The van der Waals surface area contributed by atoms with Gasteiger partial charge in [-0.3, -0.25) is 9.69 Å². The molecule has 2 aliphatic rings. The second kappa shape index (κ2) is 7.11. The fraction of sp³-hybridized carbons (Fsp3) is 0.588. The summed E-state index contributed by atoms with van der Waals surface area (Å²) in [5.41, 5.74) is 1.17. The summed E-state index contributed by atoms with van der Waals surface area (Å²) in [6, 6.07) is 8.28. The van der Waals surface area contributed by atoms with E-state index in [-0.39, 0.29) is 18.6 Å². The summed E-state index contributed by atoms with van der Waals surface area (Å²) < 4.78 is 11.3. The van der Waals surface area contributed by atoms with Gasteiger partial charge in [-0.15, -0.1) is 0 Å². The fourth-order valence-electron chi connectivity index (χ4n) is 3.07. The molecule has 1 N–H and O–H groups in total. The lowest BCUT2D eigenvalue weighted by molar-refractivity contribution is -0.124. The van der Waals surface area contributed by atoms with Crippen LogP contribution in [0.25, 0.3) is 0 Å². The molecule has 0 aromatic heterocycles. The third-order valence-electron chi connectivity index (χ3n) is 4.38. The number of benzene rings is 1. The zero-order chi connectivity index (χ0) is 15.4. The van der Waals surface area contributed by atoms with Crippen LogP contribution in [-0.4, -0.2) is 55.8 Å². The van der Waals surface area contributed by atoms with Crippen LogP contribution in [0.3, 0.4) is 0 Å². The van der Waals surface area contributed by atoms with Crippen molar-refractivity contribution in [2.45, 2.75) is 31.9 Å². The Bertz CT molecular complexity index is 503. The Hall–Kier alpha value is -1.59. The molecule has 0 aliphatic carbocycles. The SMILES string of the molecule is Cc1ccc(OCC(=O)NCC2CN3CCCC3CO2)cc1. The van der Waals surface area contributed by atoms with Gasteiger partial charge in [-0.1, -0.05) is 17.7 Å². The van der Waals surface area contributed by atoms with Crippen LogP contribution < -0.4 is 10.1 Å². The first-order chi connectivity index (χ1) is 10.7.